The van der Waals surface area contributed by atoms with Crippen LogP contribution >= 0.6 is 0 Å². The maximum absolute atomic E-state index is 11.6. The highest BCUT2D eigenvalue weighted by Crippen LogP contribution is 2.09. The van der Waals surface area contributed by atoms with Gasteiger partial charge >= 0.3 is 12.2 Å². The second-order valence-electron chi connectivity index (χ2n) is 6.55. The predicted octanol–water partition coefficient (Wildman–Crippen LogP) is 2.95. The van der Waals surface area contributed by atoms with Crippen molar-refractivity contribution < 1.29 is 19.4 Å². The molecular formula is C17H26N2O4. The van der Waals surface area contributed by atoms with Gasteiger partial charge in [-0.1, -0.05) is 24.3 Å². The van der Waals surface area contributed by atoms with Crippen LogP contribution in [0.4, 0.5) is 9.59 Å². The van der Waals surface area contributed by atoms with Crippen LogP contribution in [0.25, 0.3) is 0 Å². The first-order valence-electron chi connectivity index (χ1n) is 7.70. The molecule has 0 saturated carbocycles. The molecule has 1 aromatic rings. The Morgan fingerprint density at radius 3 is 2.52 bits per heavy atom. The summed E-state index contributed by atoms with van der Waals surface area (Å²) in [5.41, 5.74) is 1.64. The molecule has 0 aromatic heterocycles. The van der Waals surface area contributed by atoms with Crippen molar-refractivity contribution in [2.24, 2.45) is 0 Å². The molecule has 1 atom stereocenters. The molecule has 0 bridgehead atoms. The molecule has 0 aliphatic heterocycles. The highest BCUT2D eigenvalue weighted by molar-refractivity contribution is 5.67. The smallest absolute Gasteiger partial charge is 0.407 e. The summed E-state index contributed by atoms with van der Waals surface area (Å²) in [5, 5.41) is 13.9. The Kier molecular flexibility index (Phi) is 6.88. The van der Waals surface area contributed by atoms with Crippen LogP contribution in [-0.4, -0.2) is 35.5 Å². The van der Waals surface area contributed by atoms with E-state index in [9.17, 15) is 9.59 Å². The van der Waals surface area contributed by atoms with E-state index in [0.29, 0.717) is 19.4 Å². The third-order valence-electron chi connectivity index (χ3n) is 2.99. The molecule has 0 radical (unpaired) electrons. The zero-order chi connectivity index (χ0) is 17.5. The molecule has 23 heavy (non-hydrogen) atoms. The lowest BCUT2D eigenvalue weighted by atomic mass is 10.0. The van der Waals surface area contributed by atoms with Gasteiger partial charge in [-0.15, -0.1) is 0 Å². The Morgan fingerprint density at radius 2 is 1.91 bits per heavy atom. The number of rotatable bonds is 6. The molecule has 0 aliphatic carbocycles. The number of hydrogen-bond donors (Lipinski definition) is 3. The molecule has 0 aliphatic rings. The van der Waals surface area contributed by atoms with Gasteiger partial charge in [-0.05, 0) is 51.7 Å². The average Bonchev–Trinajstić information content (AvgIpc) is 2.35. The summed E-state index contributed by atoms with van der Waals surface area (Å²) in [6.45, 7) is 7.78. The van der Waals surface area contributed by atoms with Crippen molar-refractivity contribution in [2.45, 2.75) is 52.2 Å². The molecule has 0 fully saturated rings. The molecule has 6 heteroatoms. The van der Waals surface area contributed by atoms with Crippen molar-refractivity contribution >= 4 is 12.2 Å². The van der Waals surface area contributed by atoms with Gasteiger partial charge in [0.1, 0.15) is 5.60 Å². The summed E-state index contributed by atoms with van der Waals surface area (Å²) in [6.07, 6.45) is -0.129. The molecule has 6 nitrogen and oxygen atoms in total. The van der Waals surface area contributed by atoms with Crippen LogP contribution in [0.5, 0.6) is 0 Å². The van der Waals surface area contributed by atoms with E-state index >= 15 is 0 Å². The van der Waals surface area contributed by atoms with E-state index in [1.807, 2.05) is 52.0 Å². The fourth-order valence-electron chi connectivity index (χ4n) is 2.15. The van der Waals surface area contributed by atoms with Crippen molar-refractivity contribution in [2.75, 3.05) is 6.54 Å². The van der Waals surface area contributed by atoms with Crippen LogP contribution < -0.4 is 10.6 Å². The first-order chi connectivity index (χ1) is 10.7. The fraction of sp³-hybridized carbons (Fsp3) is 0.529. The monoisotopic (exact) mass is 322 g/mol. The van der Waals surface area contributed by atoms with E-state index in [4.69, 9.17) is 9.84 Å². The Labute approximate surface area is 137 Å². The number of ether oxygens (including phenoxy) is 1. The Morgan fingerprint density at radius 1 is 1.26 bits per heavy atom. The second-order valence-corrected chi connectivity index (χ2v) is 6.55. The van der Waals surface area contributed by atoms with E-state index in [2.05, 4.69) is 10.6 Å². The molecule has 0 heterocycles. The van der Waals surface area contributed by atoms with Crippen molar-refractivity contribution in [3.8, 4) is 0 Å². The summed E-state index contributed by atoms with van der Waals surface area (Å²) in [5.74, 6) is 0. The van der Waals surface area contributed by atoms with E-state index in [1.165, 1.54) is 0 Å². The van der Waals surface area contributed by atoms with E-state index in [1.54, 1.807) is 0 Å². The maximum atomic E-state index is 11.6. The van der Waals surface area contributed by atoms with Gasteiger partial charge < -0.3 is 20.5 Å². The maximum Gasteiger partial charge on any atom is 0.407 e. The quantitative estimate of drug-likeness (QED) is 0.751. The number of alkyl carbamates (subject to hydrolysis) is 1. The van der Waals surface area contributed by atoms with Crippen LogP contribution in [0.15, 0.2) is 24.3 Å². The summed E-state index contributed by atoms with van der Waals surface area (Å²) < 4.78 is 5.18. The van der Waals surface area contributed by atoms with E-state index < -0.39 is 17.8 Å². The summed E-state index contributed by atoms with van der Waals surface area (Å²) in [7, 11) is 0. The van der Waals surface area contributed by atoms with Gasteiger partial charge in [-0.2, -0.15) is 0 Å². The van der Waals surface area contributed by atoms with Crippen LogP contribution in [0, 0.1) is 0 Å². The van der Waals surface area contributed by atoms with Crippen molar-refractivity contribution in [3.05, 3.63) is 35.4 Å². The third-order valence-corrected chi connectivity index (χ3v) is 2.99. The fourth-order valence-corrected chi connectivity index (χ4v) is 2.15. The Hall–Kier alpha value is -2.24. The highest BCUT2D eigenvalue weighted by Gasteiger charge is 2.15. The summed E-state index contributed by atoms with van der Waals surface area (Å²) in [4.78, 5) is 22.2. The Bertz CT molecular complexity index is 538. The van der Waals surface area contributed by atoms with Crippen LogP contribution in [0.3, 0.4) is 0 Å². The molecule has 0 spiro atoms. The minimum Gasteiger partial charge on any atom is -0.465 e. The molecular weight excluding hydrogens is 296 g/mol. The van der Waals surface area contributed by atoms with Gasteiger partial charge in [0.25, 0.3) is 0 Å². The van der Waals surface area contributed by atoms with Gasteiger partial charge in [-0.25, -0.2) is 9.59 Å². The lowest BCUT2D eigenvalue weighted by Crippen LogP contribution is -2.33. The highest BCUT2D eigenvalue weighted by atomic mass is 16.6. The number of benzene rings is 1. The molecule has 128 valence electrons. The number of carboxylic acid groups (broad SMARTS) is 1. The molecule has 1 rings (SSSR count). The minimum atomic E-state index is -1.02. The standard InChI is InChI=1S/C17H26N2O4/c1-12(19-15(20)21)10-14-7-5-6-13(11-14)8-9-18-16(22)23-17(2,3)4/h5-7,11-12,19H,8-10H2,1-4H3,(H,18,22)(H,20,21)/t12-/m0/s1. The lowest BCUT2D eigenvalue weighted by molar-refractivity contribution is 0.0528. The molecule has 0 unspecified atom stereocenters. The van der Waals surface area contributed by atoms with E-state index in [-0.39, 0.29) is 6.04 Å². The van der Waals surface area contributed by atoms with Gasteiger partial charge in [-0.3, -0.25) is 0 Å². The zero-order valence-electron chi connectivity index (χ0n) is 14.2. The predicted molar refractivity (Wildman–Crippen MR) is 88.7 cm³/mol. The molecule has 1 aromatic carbocycles. The van der Waals surface area contributed by atoms with Crippen molar-refractivity contribution in [3.63, 3.8) is 0 Å². The SMILES string of the molecule is C[C@@H](Cc1cccc(CCNC(=O)OC(C)(C)C)c1)NC(=O)O. The van der Waals surface area contributed by atoms with Crippen LogP contribution in [0.2, 0.25) is 0 Å². The molecule has 2 amide bonds. The lowest BCUT2D eigenvalue weighted by Gasteiger charge is -2.19. The average molecular weight is 322 g/mol. The van der Waals surface area contributed by atoms with Gasteiger partial charge in [0.2, 0.25) is 0 Å². The van der Waals surface area contributed by atoms with Crippen LogP contribution in [0.1, 0.15) is 38.8 Å². The normalized spacial score (nSPS) is 12.3. The van der Waals surface area contributed by atoms with Gasteiger partial charge in [0, 0.05) is 12.6 Å². The van der Waals surface area contributed by atoms with Crippen molar-refractivity contribution in [1.29, 1.82) is 0 Å². The number of carbonyl (C=O) groups is 2. The molecule has 0 saturated heterocycles. The van der Waals surface area contributed by atoms with E-state index in [0.717, 1.165) is 11.1 Å². The number of amides is 2. The third kappa shape index (κ3) is 8.70. The number of nitrogens with one attached hydrogen (secondary N) is 2. The van der Waals surface area contributed by atoms with Gasteiger partial charge in [0.15, 0.2) is 0 Å². The van der Waals surface area contributed by atoms with Crippen LogP contribution in [-0.2, 0) is 17.6 Å². The summed E-state index contributed by atoms with van der Waals surface area (Å²) in [6, 6.07) is 7.76. The second kappa shape index (κ2) is 8.41. The van der Waals surface area contributed by atoms with Gasteiger partial charge in [0.05, 0.1) is 0 Å². The molecule has 3 N–H and O–H groups in total. The minimum absolute atomic E-state index is 0.150. The number of carbonyl (C=O) groups excluding carboxylic acids is 1. The Balaban J connectivity index is 2.45. The topological polar surface area (TPSA) is 87.7 Å². The first kappa shape index (κ1) is 18.8. The summed E-state index contributed by atoms with van der Waals surface area (Å²) >= 11 is 0. The zero-order valence-corrected chi connectivity index (χ0v) is 14.2. The largest absolute Gasteiger partial charge is 0.465 e. The number of hydrogen-bond acceptors (Lipinski definition) is 3. The first-order valence-corrected chi connectivity index (χ1v) is 7.70. The van der Waals surface area contributed by atoms with Crippen molar-refractivity contribution in [1.82, 2.24) is 10.6 Å².